The molecule has 0 unspecified atom stereocenters. The van der Waals surface area contributed by atoms with Gasteiger partial charge in [0, 0.05) is 22.6 Å². The molecule has 3 rings (SSSR count). The molecule has 0 heterocycles. The Morgan fingerprint density at radius 3 is 1.75 bits per heavy atom. The zero-order chi connectivity index (χ0) is 23.3. The second kappa shape index (κ2) is 10.3. The van der Waals surface area contributed by atoms with E-state index in [2.05, 4.69) is 99.8 Å². The molecule has 0 aromatic heterocycles. The lowest BCUT2D eigenvalue weighted by Crippen LogP contribution is -2.11. The topological polar surface area (TPSA) is 29.5 Å². The lowest BCUT2D eigenvalue weighted by atomic mass is 10.0. The Bertz CT molecular complexity index is 1060. The zero-order valence-electron chi connectivity index (χ0n) is 19.9. The molecule has 3 nitrogen and oxygen atoms in total. The maximum Gasteiger partial charge on any atom is 0.333 e. The van der Waals surface area contributed by atoms with Crippen LogP contribution in [0.4, 0.5) is 17.1 Å². The fourth-order valence-corrected chi connectivity index (χ4v) is 3.55. The molecular formula is C29H33NO2. The average Bonchev–Trinajstić information content (AvgIpc) is 2.77. The van der Waals surface area contributed by atoms with Gasteiger partial charge in [-0.1, -0.05) is 30.8 Å². The maximum absolute atomic E-state index is 11.5. The average molecular weight is 428 g/mol. The third-order valence-corrected chi connectivity index (χ3v) is 5.88. The highest BCUT2D eigenvalue weighted by Gasteiger charge is 2.14. The number of esters is 1. The predicted molar refractivity (Wildman–Crippen MR) is 134 cm³/mol. The lowest BCUT2D eigenvalue weighted by molar-refractivity contribution is -0.139. The van der Waals surface area contributed by atoms with Crippen LogP contribution in [-0.4, -0.2) is 12.6 Å². The normalized spacial score (nSPS) is 10.7. The van der Waals surface area contributed by atoms with Gasteiger partial charge in [0.25, 0.3) is 0 Å². The molecule has 0 atom stereocenters. The number of hydrogen-bond acceptors (Lipinski definition) is 3. The van der Waals surface area contributed by atoms with Crippen molar-refractivity contribution in [3.63, 3.8) is 0 Å². The number of anilines is 3. The largest absolute Gasteiger partial charge is 0.462 e. The highest BCUT2D eigenvalue weighted by molar-refractivity contribution is 5.86. The first kappa shape index (κ1) is 23.3. The fraction of sp³-hybridized carbons (Fsp3) is 0.276. The molecule has 3 aromatic carbocycles. The number of benzene rings is 3. The highest BCUT2D eigenvalue weighted by atomic mass is 16.5. The molecule has 0 spiro atoms. The van der Waals surface area contributed by atoms with Crippen molar-refractivity contribution in [2.45, 2.75) is 47.5 Å². The Morgan fingerprint density at radius 2 is 1.28 bits per heavy atom. The van der Waals surface area contributed by atoms with Gasteiger partial charge in [0.1, 0.15) is 0 Å². The van der Waals surface area contributed by atoms with Crippen LogP contribution in [0, 0.1) is 27.7 Å². The summed E-state index contributed by atoms with van der Waals surface area (Å²) in [4.78, 5) is 13.8. The fourth-order valence-electron chi connectivity index (χ4n) is 3.55. The second-order valence-corrected chi connectivity index (χ2v) is 8.56. The van der Waals surface area contributed by atoms with Crippen molar-refractivity contribution in [2.24, 2.45) is 0 Å². The van der Waals surface area contributed by atoms with Gasteiger partial charge in [0.2, 0.25) is 0 Å². The summed E-state index contributed by atoms with van der Waals surface area (Å²) in [6.07, 6.45) is 1.65. The van der Waals surface area contributed by atoms with Crippen molar-refractivity contribution < 1.29 is 9.53 Å². The van der Waals surface area contributed by atoms with E-state index in [0.29, 0.717) is 12.2 Å². The SMILES string of the molecule is C=C(C)C(=O)OCCCc1ccc(N(c2ccc(C)c(C)c2)c2ccc(C)c(C)c2)cc1. The van der Waals surface area contributed by atoms with Crippen LogP contribution in [-0.2, 0) is 16.0 Å². The molecule has 0 fully saturated rings. The Labute approximate surface area is 192 Å². The van der Waals surface area contributed by atoms with Gasteiger partial charge in [-0.3, -0.25) is 0 Å². The Balaban J connectivity index is 1.83. The molecule has 0 N–H and O–H groups in total. The molecule has 166 valence electrons. The van der Waals surface area contributed by atoms with E-state index in [1.54, 1.807) is 6.92 Å². The lowest BCUT2D eigenvalue weighted by Gasteiger charge is -2.27. The van der Waals surface area contributed by atoms with Crippen LogP contribution >= 0.6 is 0 Å². The van der Waals surface area contributed by atoms with Gasteiger partial charge in [-0.15, -0.1) is 0 Å². The third-order valence-electron chi connectivity index (χ3n) is 5.88. The number of carbonyl (C=O) groups is 1. The van der Waals surface area contributed by atoms with Gasteiger partial charge < -0.3 is 9.64 Å². The Hall–Kier alpha value is -3.33. The van der Waals surface area contributed by atoms with Gasteiger partial charge in [-0.2, -0.15) is 0 Å². The van der Waals surface area contributed by atoms with Gasteiger partial charge >= 0.3 is 5.97 Å². The molecule has 0 amide bonds. The van der Waals surface area contributed by atoms with Crippen molar-refractivity contribution in [1.82, 2.24) is 0 Å². The molecule has 0 aliphatic rings. The number of hydrogen-bond donors (Lipinski definition) is 0. The van der Waals surface area contributed by atoms with E-state index in [1.807, 2.05) is 0 Å². The summed E-state index contributed by atoms with van der Waals surface area (Å²) in [5.41, 5.74) is 10.2. The van der Waals surface area contributed by atoms with Crippen LogP contribution in [0.15, 0.2) is 72.8 Å². The van der Waals surface area contributed by atoms with Crippen LogP contribution in [0.25, 0.3) is 0 Å². The minimum atomic E-state index is -0.322. The smallest absolute Gasteiger partial charge is 0.333 e. The quantitative estimate of drug-likeness (QED) is 0.212. The molecule has 3 heteroatoms. The molecule has 0 aliphatic heterocycles. The van der Waals surface area contributed by atoms with Crippen LogP contribution in [0.5, 0.6) is 0 Å². The molecular weight excluding hydrogens is 394 g/mol. The first-order valence-electron chi connectivity index (χ1n) is 11.1. The van der Waals surface area contributed by atoms with E-state index in [0.717, 1.165) is 29.9 Å². The summed E-state index contributed by atoms with van der Waals surface area (Å²) < 4.78 is 5.20. The van der Waals surface area contributed by atoms with E-state index in [9.17, 15) is 4.79 Å². The summed E-state index contributed by atoms with van der Waals surface area (Å²) in [5, 5.41) is 0. The zero-order valence-corrected chi connectivity index (χ0v) is 19.9. The standard InChI is InChI=1S/C29H33NO2/c1-20(2)29(31)32-17-7-8-25-11-15-26(16-12-25)30(27-13-9-21(3)23(5)18-27)28-14-10-22(4)24(6)19-28/h9-16,18-19H,1,7-8,17H2,2-6H3. The van der Waals surface area contributed by atoms with Crippen molar-refractivity contribution in [3.05, 3.63) is 101 Å². The molecule has 0 saturated heterocycles. The van der Waals surface area contributed by atoms with E-state index in [4.69, 9.17) is 4.74 Å². The van der Waals surface area contributed by atoms with E-state index in [-0.39, 0.29) is 5.97 Å². The van der Waals surface area contributed by atoms with Crippen molar-refractivity contribution in [1.29, 1.82) is 0 Å². The van der Waals surface area contributed by atoms with Gasteiger partial charge in [-0.25, -0.2) is 4.79 Å². The van der Waals surface area contributed by atoms with Gasteiger partial charge in [-0.05, 0) is 112 Å². The van der Waals surface area contributed by atoms with E-state index >= 15 is 0 Å². The Morgan fingerprint density at radius 1 is 0.781 bits per heavy atom. The first-order valence-corrected chi connectivity index (χ1v) is 11.1. The summed E-state index contributed by atoms with van der Waals surface area (Å²) in [5.74, 6) is -0.322. The highest BCUT2D eigenvalue weighted by Crippen LogP contribution is 2.36. The van der Waals surface area contributed by atoms with Crippen LogP contribution in [0.1, 0.15) is 41.2 Å². The first-order chi connectivity index (χ1) is 15.3. The minimum Gasteiger partial charge on any atom is -0.462 e. The van der Waals surface area contributed by atoms with Crippen molar-refractivity contribution in [3.8, 4) is 0 Å². The van der Waals surface area contributed by atoms with Crippen molar-refractivity contribution in [2.75, 3.05) is 11.5 Å². The summed E-state index contributed by atoms with van der Waals surface area (Å²) in [6.45, 7) is 14.3. The summed E-state index contributed by atoms with van der Waals surface area (Å²) >= 11 is 0. The van der Waals surface area contributed by atoms with Crippen LogP contribution < -0.4 is 4.90 Å². The molecule has 3 aromatic rings. The third kappa shape index (κ3) is 5.67. The van der Waals surface area contributed by atoms with Crippen LogP contribution in [0.3, 0.4) is 0 Å². The van der Waals surface area contributed by atoms with Crippen LogP contribution in [0.2, 0.25) is 0 Å². The Kier molecular flexibility index (Phi) is 7.53. The number of ether oxygens (including phenoxy) is 1. The summed E-state index contributed by atoms with van der Waals surface area (Å²) in [7, 11) is 0. The monoisotopic (exact) mass is 427 g/mol. The minimum absolute atomic E-state index is 0.322. The number of rotatable bonds is 8. The molecule has 0 bridgehead atoms. The molecule has 0 radical (unpaired) electrons. The van der Waals surface area contributed by atoms with Gasteiger partial charge in [0.05, 0.1) is 6.61 Å². The summed E-state index contributed by atoms with van der Waals surface area (Å²) in [6, 6.07) is 21.9. The molecule has 0 saturated carbocycles. The number of carbonyl (C=O) groups excluding carboxylic acids is 1. The predicted octanol–water partition coefficient (Wildman–Crippen LogP) is 7.44. The second-order valence-electron chi connectivity index (χ2n) is 8.56. The van der Waals surface area contributed by atoms with Crippen molar-refractivity contribution >= 4 is 23.0 Å². The molecule has 32 heavy (non-hydrogen) atoms. The number of aryl methyl sites for hydroxylation is 5. The van der Waals surface area contributed by atoms with Gasteiger partial charge in [0.15, 0.2) is 0 Å². The number of nitrogens with zero attached hydrogens (tertiary/aromatic N) is 1. The molecule has 0 aliphatic carbocycles. The van der Waals surface area contributed by atoms with E-state index < -0.39 is 0 Å². The van der Waals surface area contributed by atoms with E-state index in [1.165, 1.54) is 27.8 Å². The maximum atomic E-state index is 11.5.